The molecule has 1 aliphatic heterocycles. The van der Waals surface area contributed by atoms with Crippen LogP contribution >= 0.6 is 0 Å². The zero-order valence-electron chi connectivity index (χ0n) is 10.5. The summed E-state index contributed by atoms with van der Waals surface area (Å²) in [6.07, 6.45) is 0.603. The summed E-state index contributed by atoms with van der Waals surface area (Å²) in [5.41, 5.74) is 0.336. The first-order valence-corrected chi connectivity index (χ1v) is 7.36. The van der Waals surface area contributed by atoms with Gasteiger partial charge >= 0.3 is 0 Å². The van der Waals surface area contributed by atoms with Gasteiger partial charge in [-0.25, -0.2) is 12.8 Å². The molecule has 1 heterocycles. The average molecular weight is 289 g/mol. The number of aliphatic hydroxyl groups is 1. The van der Waals surface area contributed by atoms with Crippen molar-refractivity contribution in [1.82, 2.24) is 4.31 Å². The fourth-order valence-corrected chi connectivity index (χ4v) is 3.43. The van der Waals surface area contributed by atoms with Gasteiger partial charge in [0.1, 0.15) is 10.7 Å². The van der Waals surface area contributed by atoms with E-state index in [1.54, 1.807) is 0 Å². The van der Waals surface area contributed by atoms with Gasteiger partial charge in [-0.05, 0) is 24.1 Å². The average Bonchev–Trinajstić information content (AvgIpc) is 2.90. The standard InChI is InChI=1S/C12H16FNO4S/c1-14(10-4-5-18-8-10)19(16,17)12-3-2-9(7-15)6-11(12)13/h2-3,6,10,15H,4-5,7-8H2,1H3. The van der Waals surface area contributed by atoms with Crippen molar-refractivity contribution in [2.75, 3.05) is 20.3 Å². The zero-order chi connectivity index (χ0) is 14.0. The molecule has 5 nitrogen and oxygen atoms in total. The molecular weight excluding hydrogens is 273 g/mol. The van der Waals surface area contributed by atoms with Crippen LogP contribution < -0.4 is 0 Å². The summed E-state index contributed by atoms with van der Waals surface area (Å²) in [6, 6.07) is 3.35. The first-order valence-electron chi connectivity index (χ1n) is 5.92. The highest BCUT2D eigenvalue weighted by molar-refractivity contribution is 7.89. The van der Waals surface area contributed by atoms with E-state index in [0.717, 1.165) is 10.4 Å². The predicted molar refractivity (Wildman–Crippen MR) is 66.5 cm³/mol. The second-order valence-electron chi connectivity index (χ2n) is 4.46. The maximum absolute atomic E-state index is 13.8. The van der Waals surface area contributed by atoms with Gasteiger partial charge in [-0.15, -0.1) is 0 Å². The van der Waals surface area contributed by atoms with Gasteiger partial charge in [0.2, 0.25) is 10.0 Å². The maximum Gasteiger partial charge on any atom is 0.246 e. The number of halogens is 1. The molecule has 0 amide bonds. The smallest absolute Gasteiger partial charge is 0.246 e. The molecule has 1 saturated heterocycles. The van der Waals surface area contributed by atoms with E-state index in [1.807, 2.05) is 0 Å². The molecule has 1 aromatic carbocycles. The molecule has 0 aliphatic carbocycles. The van der Waals surface area contributed by atoms with E-state index in [4.69, 9.17) is 9.84 Å². The van der Waals surface area contributed by atoms with Crippen LogP contribution in [0.1, 0.15) is 12.0 Å². The third-order valence-electron chi connectivity index (χ3n) is 3.26. The molecule has 1 N–H and O–H groups in total. The fraction of sp³-hybridized carbons (Fsp3) is 0.500. The van der Waals surface area contributed by atoms with E-state index in [0.29, 0.717) is 25.2 Å². The highest BCUT2D eigenvalue weighted by atomic mass is 32.2. The summed E-state index contributed by atoms with van der Waals surface area (Å²) in [5.74, 6) is -0.850. The summed E-state index contributed by atoms with van der Waals surface area (Å²) in [7, 11) is -2.46. The minimum atomic E-state index is -3.88. The lowest BCUT2D eigenvalue weighted by Gasteiger charge is -2.22. The number of aliphatic hydroxyl groups excluding tert-OH is 1. The Kier molecular flexibility index (Phi) is 4.19. The number of ether oxygens (including phenoxy) is 1. The molecule has 7 heteroatoms. The Morgan fingerprint density at radius 3 is 2.79 bits per heavy atom. The Bertz CT molecular complexity index is 555. The topological polar surface area (TPSA) is 66.8 Å². The zero-order valence-corrected chi connectivity index (χ0v) is 11.4. The number of rotatable bonds is 4. The number of likely N-dealkylation sites (N-methyl/N-ethyl adjacent to an activating group) is 1. The van der Waals surface area contributed by atoms with Crippen LogP contribution in [0.15, 0.2) is 23.1 Å². The predicted octanol–water partition coefficient (Wildman–Crippen LogP) is 0.727. The normalized spacial score (nSPS) is 20.1. The molecule has 0 spiro atoms. The van der Waals surface area contributed by atoms with Crippen molar-refractivity contribution < 1.29 is 22.7 Å². The summed E-state index contributed by atoms with van der Waals surface area (Å²) in [6.45, 7) is 0.506. The van der Waals surface area contributed by atoms with Crippen molar-refractivity contribution in [2.45, 2.75) is 24.0 Å². The highest BCUT2D eigenvalue weighted by Crippen LogP contribution is 2.23. The molecule has 0 aromatic heterocycles. The minimum absolute atomic E-state index is 0.262. The molecule has 19 heavy (non-hydrogen) atoms. The fourth-order valence-electron chi connectivity index (χ4n) is 2.01. The van der Waals surface area contributed by atoms with Gasteiger partial charge in [0.25, 0.3) is 0 Å². The largest absolute Gasteiger partial charge is 0.392 e. The van der Waals surface area contributed by atoms with Gasteiger partial charge in [0, 0.05) is 13.7 Å². The third-order valence-corrected chi connectivity index (χ3v) is 5.20. The number of hydrogen-bond acceptors (Lipinski definition) is 4. The molecule has 1 aromatic rings. The van der Waals surface area contributed by atoms with Crippen molar-refractivity contribution in [3.63, 3.8) is 0 Å². The third kappa shape index (κ3) is 2.79. The number of benzene rings is 1. The lowest BCUT2D eigenvalue weighted by atomic mass is 10.2. The molecule has 1 fully saturated rings. The van der Waals surface area contributed by atoms with Gasteiger partial charge in [0.15, 0.2) is 0 Å². The second-order valence-corrected chi connectivity index (χ2v) is 6.43. The number of sulfonamides is 1. The molecule has 2 rings (SSSR count). The Labute approximate surface area is 111 Å². The van der Waals surface area contributed by atoms with Crippen LogP contribution in [-0.4, -0.2) is 44.1 Å². The van der Waals surface area contributed by atoms with Gasteiger partial charge in [-0.1, -0.05) is 6.07 Å². The lowest BCUT2D eigenvalue weighted by molar-refractivity contribution is 0.180. The van der Waals surface area contributed by atoms with Crippen LogP contribution in [0, 0.1) is 5.82 Å². The summed E-state index contributed by atoms with van der Waals surface area (Å²) in [4.78, 5) is -0.376. The number of nitrogens with zero attached hydrogens (tertiary/aromatic N) is 1. The molecule has 0 saturated carbocycles. The van der Waals surface area contributed by atoms with Crippen LogP contribution in [0.25, 0.3) is 0 Å². The van der Waals surface area contributed by atoms with Crippen molar-refractivity contribution in [3.8, 4) is 0 Å². The Balaban J connectivity index is 2.33. The molecule has 1 unspecified atom stereocenters. The lowest BCUT2D eigenvalue weighted by Crippen LogP contribution is -2.37. The van der Waals surface area contributed by atoms with Crippen molar-refractivity contribution >= 4 is 10.0 Å². The number of hydrogen-bond donors (Lipinski definition) is 1. The first kappa shape index (κ1) is 14.4. The van der Waals surface area contributed by atoms with Crippen LogP contribution in [0.5, 0.6) is 0 Å². The Morgan fingerprint density at radius 2 is 2.26 bits per heavy atom. The second kappa shape index (κ2) is 5.54. The first-order chi connectivity index (χ1) is 8.96. The molecule has 1 atom stereocenters. The molecule has 106 valence electrons. The SMILES string of the molecule is CN(C1CCOC1)S(=O)(=O)c1ccc(CO)cc1F. The Morgan fingerprint density at radius 1 is 1.53 bits per heavy atom. The van der Waals surface area contributed by atoms with E-state index in [2.05, 4.69) is 0 Å². The molecule has 1 aliphatic rings. The highest BCUT2D eigenvalue weighted by Gasteiger charge is 2.32. The van der Waals surface area contributed by atoms with Crippen molar-refractivity contribution in [2.24, 2.45) is 0 Å². The van der Waals surface area contributed by atoms with Crippen molar-refractivity contribution in [1.29, 1.82) is 0 Å². The maximum atomic E-state index is 13.8. The van der Waals surface area contributed by atoms with E-state index >= 15 is 0 Å². The van der Waals surface area contributed by atoms with Crippen LogP contribution in [0.2, 0.25) is 0 Å². The molecular formula is C12H16FNO4S. The van der Waals surface area contributed by atoms with E-state index in [-0.39, 0.29) is 17.5 Å². The summed E-state index contributed by atoms with van der Waals surface area (Å²) in [5, 5.41) is 8.89. The van der Waals surface area contributed by atoms with Gasteiger partial charge in [-0.3, -0.25) is 0 Å². The van der Waals surface area contributed by atoms with E-state index in [9.17, 15) is 12.8 Å². The summed E-state index contributed by atoms with van der Waals surface area (Å²) < 4.78 is 44.7. The van der Waals surface area contributed by atoms with Crippen molar-refractivity contribution in [3.05, 3.63) is 29.6 Å². The quantitative estimate of drug-likeness (QED) is 0.887. The molecule has 0 radical (unpaired) electrons. The monoisotopic (exact) mass is 289 g/mol. The van der Waals surface area contributed by atoms with Gasteiger partial charge in [0.05, 0.1) is 19.3 Å². The Hall–Kier alpha value is -1.02. The van der Waals surface area contributed by atoms with E-state index < -0.39 is 15.8 Å². The van der Waals surface area contributed by atoms with Crippen LogP contribution in [0.3, 0.4) is 0 Å². The van der Waals surface area contributed by atoms with Crippen LogP contribution in [-0.2, 0) is 21.4 Å². The molecule has 0 bridgehead atoms. The van der Waals surface area contributed by atoms with Gasteiger partial charge in [-0.2, -0.15) is 4.31 Å². The summed E-state index contributed by atoms with van der Waals surface area (Å²) >= 11 is 0. The minimum Gasteiger partial charge on any atom is -0.392 e. The van der Waals surface area contributed by atoms with Crippen LogP contribution in [0.4, 0.5) is 4.39 Å². The van der Waals surface area contributed by atoms with Gasteiger partial charge < -0.3 is 9.84 Å². The van der Waals surface area contributed by atoms with E-state index in [1.165, 1.54) is 19.2 Å².